The molecule has 0 saturated heterocycles. The van der Waals surface area contributed by atoms with Gasteiger partial charge in [-0.25, -0.2) is 0 Å². The van der Waals surface area contributed by atoms with E-state index in [1.165, 1.54) is 0 Å². The number of aromatic nitrogens is 1. The van der Waals surface area contributed by atoms with E-state index in [9.17, 15) is 4.79 Å². The van der Waals surface area contributed by atoms with E-state index >= 15 is 0 Å². The third kappa shape index (κ3) is 2.62. The standard InChI is InChI=1S/C15H15NO3/c17-14-5-9-19-15-11-12(3-4-13(14)15)18-10-8-16-6-1-2-7-16/h1-4,6-7,11H,5,8-10H2. The highest BCUT2D eigenvalue weighted by atomic mass is 16.5. The average molecular weight is 257 g/mol. The smallest absolute Gasteiger partial charge is 0.169 e. The van der Waals surface area contributed by atoms with E-state index in [0.29, 0.717) is 30.9 Å². The Kier molecular flexibility index (Phi) is 3.23. The molecule has 3 rings (SSSR count). The zero-order valence-corrected chi connectivity index (χ0v) is 10.5. The monoisotopic (exact) mass is 257 g/mol. The molecule has 0 N–H and O–H groups in total. The molecule has 0 bridgehead atoms. The summed E-state index contributed by atoms with van der Waals surface area (Å²) < 4.78 is 13.2. The van der Waals surface area contributed by atoms with Gasteiger partial charge >= 0.3 is 0 Å². The highest BCUT2D eigenvalue weighted by Gasteiger charge is 2.18. The Labute approximate surface area is 111 Å². The molecule has 0 atom stereocenters. The average Bonchev–Trinajstić information content (AvgIpc) is 2.92. The molecule has 0 spiro atoms. The first kappa shape index (κ1) is 11.8. The fraction of sp³-hybridized carbons (Fsp3) is 0.267. The quantitative estimate of drug-likeness (QED) is 0.845. The first-order valence-electron chi connectivity index (χ1n) is 6.36. The van der Waals surface area contributed by atoms with Gasteiger partial charge in [0.1, 0.15) is 18.1 Å². The molecule has 2 heterocycles. The predicted molar refractivity (Wildman–Crippen MR) is 70.8 cm³/mol. The molecule has 1 aromatic carbocycles. The zero-order valence-electron chi connectivity index (χ0n) is 10.5. The molecule has 0 radical (unpaired) electrons. The van der Waals surface area contributed by atoms with Crippen LogP contribution in [0.4, 0.5) is 0 Å². The second kappa shape index (κ2) is 5.18. The molecule has 1 aliphatic heterocycles. The lowest BCUT2D eigenvalue weighted by molar-refractivity contribution is 0.0933. The highest BCUT2D eigenvalue weighted by molar-refractivity contribution is 5.99. The summed E-state index contributed by atoms with van der Waals surface area (Å²) in [6.07, 6.45) is 4.46. The first-order chi connectivity index (χ1) is 9.33. The van der Waals surface area contributed by atoms with Crippen molar-refractivity contribution in [3.8, 4) is 11.5 Å². The summed E-state index contributed by atoms with van der Waals surface area (Å²) in [5.74, 6) is 1.51. The van der Waals surface area contributed by atoms with Crippen molar-refractivity contribution in [3.05, 3.63) is 48.3 Å². The Bertz CT molecular complexity index is 575. The van der Waals surface area contributed by atoms with E-state index in [1.807, 2.05) is 30.6 Å². The van der Waals surface area contributed by atoms with E-state index in [1.54, 1.807) is 12.1 Å². The van der Waals surface area contributed by atoms with E-state index in [0.717, 1.165) is 12.3 Å². The number of carbonyl (C=O) groups is 1. The number of hydrogen-bond donors (Lipinski definition) is 0. The fourth-order valence-electron chi connectivity index (χ4n) is 2.12. The molecule has 98 valence electrons. The molecule has 0 saturated carbocycles. The van der Waals surface area contributed by atoms with Crippen LogP contribution < -0.4 is 9.47 Å². The van der Waals surface area contributed by atoms with Crippen LogP contribution in [-0.2, 0) is 6.54 Å². The minimum atomic E-state index is 0.139. The van der Waals surface area contributed by atoms with Crippen LogP contribution in [-0.4, -0.2) is 23.6 Å². The van der Waals surface area contributed by atoms with Gasteiger partial charge in [0.2, 0.25) is 0 Å². The molecular weight excluding hydrogens is 242 g/mol. The van der Waals surface area contributed by atoms with Gasteiger partial charge in [-0.3, -0.25) is 4.79 Å². The number of carbonyl (C=O) groups excluding carboxylic acids is 1. The normalized spacial score (nSPS) is 13.8. The van der Waals surface area contributed by atoms with Gasteiger partial charge in [-0.2, -0.15) is 0 Å². The van der Waals surface area contributed by atoms with Gasteiger partial charge in [0, 0.05) is 24.9 Å². The predicted octanol–water partition coefficient (Wildman–Crippen LogP) is 2.53. The molecule has 2 aromatic rings. The van der Waals surface area contributed by atoms with Crippen LogP contribution in [0.15, 0.2) is 42.7 Å². The molecule has 1 aromatic heterocycles. The SMILES string of the molecule is O=C1CCOc2cc(OCCn3cccc3)ccc21. The summed E-state index contributed by atoms with van der Waals surface area (Å²) in [4.78, 5) is 11.6. The van der Waals surface area contributed by atoms with Crippen LogP contribution in [0, 0.1) is 0 Å². The van der Waals surface area contributed by atoms with E-state index in [4.69, 9.17) is 9.47 Å². The van der Waals surface area contributed by atoms with Crippen molar-refractivity contribution < 1.29 is 14.3 Å². The van der Waals surface area contributed by atoms with Crippen LogP contribution in [0.2, 0.25) is 0 Å². The van der Waals surface area contributed by atoms with Gasteiger partial charge < -0.3 is 14.0 Å². The van der Waals surface area contributed by atoms with Gasteiger partial charge in [0.25, 0.3) is 0 Å². The maximum atomic E-state index is 11.6. The fourth-order valence-corrected chi connectivity index (χ4v) is 2.12. The van der Waals surface area contributed by atoms with Gasteiger partial charge in [0.15, 0.2) is 5.78 Å². The van der Waals surface area contributed by atoms with Crippen LogP contribution in [0.5, 0.6) is 11.5 Å². The van der Waals surface area contributed by atoms with E-state index in [2.05, 4.69) is 4.57 Å². The first-order valence-corrected chi connectivity index (χ1v) is 6.36. The molecule has 0 fully saturated rings. The Balaban J connectivity index is 1.64. The number of fused-ring (bicyclic) bond motifs is 1. The summed E-state index contributed by atoms with van der Waals surface area (Å²) in [5, 5.41) is 0. The molecule has 4 heteroatoms. The number of ether oxygens (including phenoxy) is 2. The summed E-state index contributed by atoms with van der Waals surface area (Å²) in [5.41, 5.74) is 0.656. The van der Waals surface area contributed by atoms with E-state index < -0.39 is 0 Å². The summed E-state index contributed by atoms with van der Waals surface area (Å²) in [7, 11) is 0. The van der Waals surface area contributed by atoms with Gasteiger partial charge in [-0.15, -0.1) is 0 Å². The van der Waals surface area contributed by atoms with Crippen LogP contribution in [0.3, 0.4) is 0 Å². The van der Waals surface area contributed by atoms with Crippen molar-refractivity contribution in [2.45, 2.75) is 13.0 Å². The molecule has 0 amide bonds. The van der Waals surface area contributed by atoms with Crippen molar-refractivity contribution in [2.75, 3.05) is 13.2 Å². The number of Topliss-reactive ketones (excluding diaryl/α,β-unsaturated/α-hetero) is 1. The van der Waals surface area contributed by atoms with Crippen molar-refractivity contribution in [3.63, 3.8) is 0 Å². The number of ketones is 1. The Morgan fingerprint density at radius 1 is 1.26 bits per heavy atom. The molecule has 0 aliphatic carbocycles. The third-order valence-electron chi connectivity index (χ3n) is 3.12. The summed E-state index contributed by atoms with van der Waals surface area (Å²) in [6, 6.07) is 9.36. The van der Waals surface area contributed by atoms with Gasteiger partial charge in [-0.1, -0.05) is 0 Å². The molecule has 19 heavy (non-hydrogen) atoms. The topological polar surface area (TPSA) is 40.5 Å². The maximum Gasteiger partial charge on any atom is 0.169 e. The largest absolute Gasteiger partial charge is 0.492 e. The summed E-state index contributed by atoms with van der Waals surface area (Å²) >= 11 is 0. The number of rotatable bonds is 4. The second-order valence-electron chi connectivity index (χ2n) is 4.45. The van der Waals surface area contributed by atoms with E-state index in [-0.39, 0.29) is 5.78 Å². The van der Waals surface area contributed by atoms with Crippen LogP contribution >= 0.6 is 0 Å². The molecule has 0 unspecified atom stereocenters. The summed E-state index contributed by atoms with van der Waals surface area (Å²) in [6.45, 7) is 1.84. The lowest BCUT2D eigenvalue weighted by Crippen LogP contribution is -2.15. The number of nitrogens with zero attached hydrogens (tertiary/aromatic N) is 1. The Morgan fingerprint density at radius 2 is 2.11 bits per heavy atom. The minimum Gasteiger partial charge on any atom is -0.492 e. The molecule has 1 aliphatic rings. The highest BCUT2D eigenvalue weighted by Crippen LogP contribution is 2.28. The number of hydrogen-bond acceptors (Lipinski definition) is 3. The van der Waals surface area contributed by atoms with Gasteiger partial charge in [0.05, 0.1) is 18.7 Å². The molecular formula is C15H15NO3. The Morgan fingerprint density at radius 3 is 2.95 bits per heavy atom. The maximum absolute atomic E-state index is 11.6. The number of benzene rings is 1. The lowest BCUT2D eigenvalue weighted by Gasteiger charge is -2.17. The second-order valence-corrected chi connectivity index (χ2v) is 4.45. The Hall–Kier alpha value is -2.23. The van der Waals surface area contributed by atoms with Crippen molar-refractivity contribution in [1.29, 1.82) is 0 Å². The molecule has 4 nitrogen and oxygen atoms in total. The van der Waals surface area contributed by atoms with Crippen molar-refractivity contribution >= 4 is 5.78 Å². The van der Waals surface area contributed by atoms with Crippen LogP contribution in [0.1, 0.15) is 16.8 Å². The van der Waals surface area contributed by atoms with Crippen molar-refractivity contribution in [2.24, 2.45) is 0 Å². The van der Waals surface area contributed by atoms with Crippen LogP contribution in [0.25, 0.3) is 0 Å². The van der Waals surface area contributed by atoms with Crippen molar-refractivity contribution in [1.82, 2.24) is 4.57 Å². The van der Waals surface area contributed by atoms with Gasteiger partial charge in [-0.05, 0) is 24.3 Å². The zero-order chi connectivity index (χ0) is 13.1. The lowest BCUT2D eigenvalue weighted by atomic mass is 10.1. The third-order valence-corrected chi connectivity index (χ3v) is 3.12. The minimum absolute atomic E-state index is 0.139.